The van der Waals surface area contributed by atoms with Gasteiger partial charge in [-0.1, -0.05) is 12.1 Å². The molecule has 0 atom stereocenters. The third-order valence-electron chi connectivity index (χ3n) is 5.83. The maximum atomic E-state index is 12.9. The zero-order valence-electron chi connectivity index (χ0n) is 18.5. The van der Waals surface area contributed by atoms with E-state index in [0.29, 0.717) is 44.8 Å². The Morgan fingerprint density at radius 2 is 1.65 bits per heavy atom. The number of halogens is 3. The molecule has 1 aromatic carbocycles. The van der Waals surface area contributed by atoms with Gasteiger partial charge >= 0.3 is 12.3 Å². The van der Waals surface area contributed by atoms with Gasteiger partial charge in [-0.15, -0.1) is 0 Å². The van der Waals surface area contributed by atoms with Crippen molar-refractivity contribution in [2.24, 2.45) is 0 Å². The fraction of sp³-hybridized carbons (Fsp3) is 0.455. The number of hydrogen-bond acceptors (Lipinski definition) is 5. The van der Waals surface area contributed by atoms with E-state index in [4.69, 9.17) is 4.74 Å². The third kappa shape index (κ3) is 4.85. The lowest BCUT2D eigenvalue weighted by Gasteiger charge is -2.33. The highest BCUT2D eigenvalue weighted by atomic mass is 19.4. The molecule has 1 aromatic heterocycles. The zero-order chi connectivity index (χ0) is 24.5. The summed E-state index contributed by atoms with van der Waals surface area (Å²) in [7, 11) is 0. The summed E-state index contributed by atoms with van der Waals surface area (Å²) in [6.45, 7) is 4.19. The van der Waals surface area contributed by atoms with Crippen LogP contribution < -0.4 is 0 Å². The van der Waals surface area contributed by atoms with Crippen molar-refractivity contribution in [1.29, 1.82) is 0 Å². The highest BCUT2D eigenvalue weighted by Gasteiger charge is 2.32. The van der Waals surface area contributed by atoms with Crippen LogP contribution in [0.2, 0.25) is 0 Å². The van der Waals surface area contributed by atoms with Crippen LogP contribution in [-0.2, 0) is 24.0 Å². The zero-order valence-corrected chi connectivity index (χ0v) is 18.5. The Bertz CT molecular complexity index is 1080. The molecule has 12 heteroatoms. The summed E-state index contributed by atoms with van der Waals surface area (Å²) >= 11 is 0. The number of ether oxygens (including phenoxy) is 1. The number of fused-ring (bicyclic) bond motifs is 1. The van der Waals surface area contributed by atoms with E-state index in [2.05, 4.69) is 5.10 Å². The van der Waals surface area contributed by atoms with Crippen molar-refractivity contribution >= 4 is 17.9 Å². The number of nitrogens with zero attached hydrogens (tertiary/aromatic N) is 5. The first-order chi connectivity index (χ1) is 16.2. The Balaban J connectivity index is 1.39. The molecule has 182 valence electrons. The molecule has 2 aromatic rings. The molecule has 1 saturated heterocycles. The van der Waals surface area contributed by atoms with Crippen LogP contribution >= 0.6 is 0 Å². The van der Waals surface area contributed by atoms with Gasteiger partial charge in [-0.3, -0.25) is 14.3 Å². The molecule has 0 aliphatic carbocycles. The lowest BCUT2D eigenvalue weighted by atomic mass is 10.1. The summed E-state index contributed by atoms with van der Waals surface area (Å²) in [5, 5.41) is 4.29. The van der Waals surface area contributed by atoms with Gasteiger partial charge in [0.2, 0.25) is 0 Å². The summed E-state index contributed by atoms with van der Waals surface area (Å²) in [6.07, 6.45) is -4.83. The minimum absolute atomic E-state index is 0.143. The average molecular weight is 479 g/mol. The first-order valence-corrected chi connectivity index (χ1v) is 10.9. The average Bonchev–Trinajstić information content (AvgIpc) is 3.26. The molecular formula is C22H24F3N5O4. The van der Waals surface area contributed by atoms with Gasteiger partial charge in [0.05, 0.1) is 18.7 Å². The molecule has 2 aliphatic heterocycles. The molecule has 0 saturated carbocycles. The van der Waals surface area contributed by atoms with Crippen molar-refractivity contribution in [2.45, 2.75) is 26.2 Å². The largest absolute Gasteiger partial charge is 0.450 e. The number of hydrogen-bond donors (Lipinski definition) is 0. The predicted molar refractivity (Wildman–Crippen MR) is 113 cm³/mol. The number of rotatable bonds is 4. The van der Waals surface area contributed by atoms with Crippen LogP contribution in [0, 0.1) is 0 Å². The summed E-state index contributed by atoms with van der Waals surface area (Å²) in [5.41, 5.74) is 0.228. The van der Waals surface area contributed by atoms with Gasteiger partial charge in [-0.2, -0.15) is 18.3 Å². The standard InChI is InChI=1S/C22H24F3N5O4/c1-2-34-21(33)28-9-7-27(8-10-28)19(31)17-13-18-20(32)29(11-12-30(18)26-17)14-15-3-5-16(6-4-15)22(23,24)25/h3-6,13H,2,7-12,14H2,1H3. The Morgan fingerprint density at radius 3 is 2.26 bits per heavy atom. The van der Waals surface area contributed by atoms with E-state index in [9.17, 15) is 27.6 Å². The maximum Gasteiger partial charge on any atom is 0.416 e. The number of piperazine rings is 1. The van der Waals surface area contributed by atoms with Crippen LogP contribution in [-0.4, -0.2) is 81.7 Å². The van der Waals surface area contributed by atoms with Crippen LogP contribution in [0.1, 0.15) is 39.0 Å². The monoisotopic (exact) mass is 479 g/mol. The van der Waals surface area contributed by atoms with Crippen molar-refractivity contribution in [3.05, 3.63) is 52.8 Å². The van der Waals surface area contributed by atoms with Gasteiger partial charge in [0, 0.05) is 45.3 Å². The lowest BCUT2D eigenvalue weighted by molar-refractivity contribution is -0.137. The van der Waals surface area contributed by atoms with Crippen molar-refractivity contribution in [3.8, 4) is 0 Å². The number of benzene rings is 1. The van der Waals surface area contributed by atoms with Crippen molar-refractivity contribution in [3.63, 3.8) is 0 Å². The first-order valence-electron chi connectivity index (χ1n) is 10.9. The molecule has 0 N–H and O–H groups in total. The van der Waals surface area contributed by atoms with E-state index >= 15 is 0 Å². The molecule has 3 amide bonds. The van der Waals surface area contributed by atoms with E-state index in [1.807, 2.05) is 0 Å². The summed E-state index contributed by atoms with van der Waals surface area (Å²) in [5.74, 6) is -0.669. The lowest BCUT2D eigenvalue weighted by Crippen LogP contribution is -2.50. The number of aromatic nitrogens is 2. The van der Waals surface area contributed by atoms with Crippen molar-refractivity contribution in [1.82, 2.24) is 24.5 Å². The fourth-order valence-corrected chi connectivity index (χ4v) is 3.98. The van der Waals surface area contributed by atoms with Crippen molar-refractivity contribution in [2.75, 3.05) is 39.3 Å². The summed E-state index contributed by atoms with van der Waals surface area (Å²) in [6, 6.07) is 6.14. The normalized spacial score (nSPS) is 16.5. The van der Waals surface area contributed by atoms with E-state index in [0.717, 1.165) is 12.1 Å². The van der Waals surface area contributed by atoms with Gasteiger partial charge < -0.3 is 19.4 Å². The van der Waals surface area contributed by atoms with E-state index in [1.54, 1.807) is 11.8 Å². The number of amides is 3. The Kier molecular flexibility index (Phi) is 6.49. The minimum atomic E-state index is -4.42. The van der Waals surface area contributed by atoms with E-state index < -0.39 is 17.8 Å². The molecule has 1 fully saturated rings. The molecule has 0 radical (unpaired) electrons. The number of carbonyl (C=O) groups excluding carboxylic acids is 3. The van der Waals surface area contributed by atoms with Gasteiger partial charge in [0.15, 0.2) is 5.69 Å². The third-order valence-corrected chi connectivity index (χ3v) is 5.83. The first kappa shape index (κ1) is 23.6. The molecule has 0 unspecified atom stereocenters. The molecular weight excluding hydrogens is 455 g/mol. The number of carbonyl (C=O) groups is 3. The second-order valence-corrected chi connectivity index (χ2v) is 8.04. The highest BCUT2D eigenvalue weighted by molar-refractivity contribution is 5.98. The van der Waals surface area contributed by atoms with Gasteiger partial charge in [-0.25, -0.2) is 4.79 Å². The molecule has 0 bridgehead atoms. The molecule has 3 heterocycles. The topological polar surface area (TPSA) is 88.0 Å². The van der Waals surface area contributed by atoms with Gasteiger partial charge in [-0.05, 0) is 24.6 Å². The van der Waals surface area contributed by atoms with Crippen LogP contribution in [0.3, 0.4) is 0 Å². The smallest absolute Gasteiger partial charge is 0.416 e. The Hall–Kier alpha value is -3.57. The van der Waals surface area contributed by atoms with Crippen molar-refractivity contribution < 1.29 is 32.3 Å². The van der Waals surface area contributed by atoms with E-state index in [1.165, 1.54) is 32.7 Å². The summed E-state index contributed by atoms with van der Waals surface area (Å²) < 4.78 is 44.8. The molecule has 34 heavy (non-hydrogen) atoms. The molecule has 4 rings (SSSR count). The van der Waals surface area contributed by atoms with Gasteiger partial charge in [0.1, 0.15) is 5.69 Å². The second kappa shape index (κ2) is 9.35. The van der Waals surface area contributed by atoms with Crippen LogP contribution in [0.15, 0.2) is 30.3 Å². The summed E-state index contributed by atoms with van der Waals surface area (Å²) in [4.78, 5) is 42.3. The minimum Gasteiger partial charge on any atom is -0.450 e. The molecule has 0 spiro atoms. The van der Waals surface area contributed by atoms with Crippen LogP contribution in [0.4, 0.5) is 18.0 Å². The predicted octanol–water partition coefficient (Wildman–Crippen LogP) is 2.47. The second-order valence-electron chi connectivity index (χ2n) is 8.04. The number of alkyl halides is 3. The van der Waals surface area contributed by atoms with Crippen LogP contribution in [0.5, 0.6) is 0 Å². The quantitative estimate of drug-likeness (QED) is 0.673. The van der Waals surface area contributed by atoms with Gasteiger partial charge in [0.25, 0.3) is 11.8 Å². The molecule has 2 aliphatic rings. The Labute approximate surface area is 193 Å². The van der Waals surface area contributed by atoms with Crippen LogP contribution in [0.25, 0.3) is 0 Å². The molecule has 9 nitrogen and oxygen atoms in total. The Morgan fingerprint density at radius 1 is 1.00 bits per heavy atom. The highest BCUT2D eigenvalue weighted by Crippen LogP contribution is 2.29. The SMILES string of the molecule is CCOC(=O)N1CCN(C(=O)c2cc3n(n2)CCN(Cc2ccc(C(F)(F)F)cc2)C3=O)CC1. The fourth-order valence-electron chi connectivity index (χ4n) is 3.98. The van der Waals surface area contributed by atoms with E-state index in [-0.39, 0.29) is 36.4 Å². The maximum absolute atomic E-state index is 12.9.